The van der Waals surface area contributed by atoms with Crippen LogP contribution in [0.4, 0.5) is 14.5 Å². The van der Waals surface area contributed by atoms with Crippen LogP contribution in [-0.4, -0.2) is 61.0 Å². The fourth-order valence-corrected chi connectivity index (χ4v) is 3.77. The van der Waals surface area contributed by atoms with E-state index >= 15 is 0 Å². The molecule has 1 aliphatic carbocycles. The Morgan fingerprint density at radius 2 is 1.85 bits per heavy atom. The fraction of sp³-hybridized carbons (Fsp3) is 0.611. The quantitative estimate of drug-likeness (QED) is 0.768. The van der Waals surface area contributed by atoms with Crippen molar-refractivity contribution in [3.8, 4) is 0 Å². The summed E-state index contributed by atoms with van der Waals surface area (Å²) in [6.07, 6.45) is 2.73. The number of esters is 1. The minimum atomic E-state index is -2.74. The molecule has 0 spiro atoms. The van der Waals surface area contributed by atoms with Gasteiger partial charge in [-0.25, -0.2) is 13.6 Å². The third-order valence-electron chi connectivity index (χ3n) is 5.28. The van der Waals surface area contributed by atoms with Crippen molar-refractivity contribution in [1.29, 1.82) is 0 Å². The van der Waals surface area contributed by atoms with E-state index in [1.807, 2.05) is 4.90 Å². The SMILES string of the molecule is COC(=O)c1cncc(N2CCN(C(=O)C3(C)CCC(F)(F)C3)CC2)c1. The van der Waals surface area contributed by atoms with Crippen LogP contribution in [-0.2, 0) is 9.53 Å². The van der Waals surface area contributed by atoms with Crippen LogP contribution in [0.5, 0.6) is 0 Å². The second-order valence-electron chi connectivity index (χ2n) is 7.30. The molecule has 8 heteroatoms. The van der Waals surface area contributed by atoms with Crippen molar-refractivity contribution in [2.24, 2.45) is 5.41 Å². The number of hydrogen-bond donors (Lipinski definition) is 0. The molecule has 142 valence electrons. The summed E-state index contributed by atoms with van der Waals surface area (Å²) in [5.74, 6) is -3.38. The number of amides is 1. The van der Waals surface area contributed by atoms with Crippen molar-refractivity contribution >= 4 is 17.6 Å². The molecule has 1 saturated carbocycles. The van der Waals surface area contributed by atoms with Crippen molar-refractivity contribution in [2.75, 3.05) is 38.2 Å². The van der Waals surface area contributed by atoms with E-state index in [1.165, 1.54) is 13.3 Å². The Bertz CT molecular complexity index is 705. The van der Waals surface area contributed by atoms with Gasteiger partial charge in [0.1, 0.15) is 0 Å². The number of hydrogen-bond acceptors (Lipinski definition) is 5. The summed E-state index contributed by atoms with van der Waals surface area (Å²) in [7, 11) is 1.31. The number of pyridine rings is 1. The summed E-state index contributed by atoms with van der Waals surface area (Å²) >= 11 is 0. The largest absolute Gasteiger partial charge is 0.465 e. The molecule has 2 aliphatic rings. The first-order valence-corrected chi connectivity index (χ1v) is 8.70. The highest BCUT2D eigenvalue weighted by molar-refractivity contribution is 5.90. The average Bonchev–Trinajstić information content (AvgIpc) is 2.95. The van der Waals surface area contributed by atoms with Crippen LogP contribution in [0.1, 0.15) is 36.5 Å². The molecule has 1 aromatic rings. The number of alkyl halides is 2. The van der Waals surface area contributed by atoms with Crippen LogP contribution in [0.15, 0.2) is 18.5 Å². The van der Waals surface area contributed by atoms with Crippen molar-refractivity contribution < 1.29 is 23.1 Å². The first-order chi connectivity index (χ1) is 12.2. The molecule has 1 saturated heterocycles. The van der Waals surface area contributed by atoms with E-state index < -0.39 is 17.3 Å². The Kier molecular flexibility index (Phi) is 4.86. The monoisotopic (exact) mass is 367 g/mol. The third-order valence-corrected chi connectivity index (χ3v) is 5.28. The first kappa shape index (κ1) is 18.5. The first-order valence-electron chi connectivity index (χ1n) is 8.70. The standard InChI is InChI=1S/C18H23F2N3O3/c1-17(3-4-18(19,20)12-17)16(25)23-7-5-22(6-8-23)14-9-13(10-21-11-14)15(24)26-2/h9-11H,3-8,12H2,1-2H3. The molecule has 2 heterocycles. The van der Waals surface area contributed by atoms with E-state index in [0.717, 1.165) is 5.69 Å². The number of rotatable bonds is 3. The zero-order valence-electron chi connectivity index (χ0n) is 15.0. The number of halogens is 2. The summed E-state index contributed by atoms with van der Waals surface area (Å²) in [6, 6.07) is 1.70. The van der Waals surface area contributed by atoms with Gasteiger partial charge in [-0.3, -0.25) is 9.78 Å². The minimum absolute atomic E-state index is 0.184. The Balaban J connectivity index is 1.63. The van der Waals surface area contributed by atoms with Gasteiger partial charge in [-0.2, -0.15) is 0 Å². The van der Waals surface area contributed by atoms with Crippen LogP contribution in [0.2, 0.25) is 0 Å². The minimum Gasteiger partial charge on any atom is -0.465 e. The summed E-state index contributed by atoms with van der Waals surface area (Å²) < 4.78 is 31.8. The van der Waals surface area contributed by atoms with Gasteiger partial charge in [0.2, 0.25) is 11.8 Å². The molecule has 2 fully saturated rings. The third kappa shape index (κ3) is 3.64. The summed E-state index contributed by atoms with van der Waals surface area (Å²) in [6.45, 7) is 3.69. The van der Waals surface area contributed by atoms with Gasteiger partial charge < -0.3 is 14.5 Å². The number of methoxy groups -OCH3 is 1. The number of carbonyl (C=O) groups is 2. The molecule has 1 unspecified atom stereocenters. The lowest BCUT2D eigenvalue weighted by Crippen LogP contribution is -2.52. The zero-order chi connectivity index (χ0) is 18.9. The normalized spacial score (nSPS) is 25.2. The van der Waals surface area contributed by atoms with Gasteiger partial charge in [-0.1, -0.05) is 6.92 Å². The zero-order valence-corrected chi connectivity index (χ0v) is 15.0. The molecule has 1 atom stereocenters. The van der Waals surface area contributed by atoms with E-state index in [-0.39, 0.29) is 25.2 Å². The lowest BCUT2D eigenvalue weighted by molar-refractivity contribution is -0.142. The smallest absolute Gasteiger partial charge is 0.339 e. The molecule has 3 rings (SSSR count). The molecule has 0 N–H and O–H groups in total. The molecule has 1 aliphatic heterocycles. The topological polar surface area (TPSA) is 62.7 Å². The summed E-state index contributed by atoms with van der Waals surface area (Å²) in [5, 5.41) is 0. The maximum absolute atomic E-state index is 13.6. The van der Waals surface area contributed by atoms with Gasteiger partial charge in [-0.05, 0) is 12.5 Å². The van der Waals surface area contributed by atoms with E-state index in [2.05, 4.69) is 4.98 Å². The maximum Gasteiger partial charge on any atom is 0.339 e. The fourth-order valence-electron chi connectivity index (χ4n) is 3.77. The molecular weight excluding hydrogens is 344 g/mol. The summed E-state index contributed by atoms with van der Waals surface area (Å²) in [4.78, 5) is 32.1. The Labute approximate surface area is 151 Å². The van der Waals surface area contributed by atoms with Crippen molar-refractivity contribution in [3.63, 3.8) is 0 Å². The second kappa shape index (κ2) is 6.81. The highest BCUT2D eigenvalue weighted by atomic mass is 19.3. The van der Waals surface area contributed by atoms with Crippen LogP contribution in [0.25, 0.3) is 0 Å². The van der Waals surface area contributed by atoms with Crippen molar-refractivity contribution in [2.45, 2.75) is 32.1 Å². The highest BCUT2D eigenvalue weighted by Crippen LogP contribution is 2.48. The molecule has 6 nitrogen and oxygen atoms in total. The summed E-state index contributed by atoms with van der Waals surface area (Å²) in [5.41, 5.74) is 0.167. The number of anilines is 1. The number of ether oxygens (including phenoxy) is 1. The van der Waals surface area contributed by atoms with Gasteiger partial charge in [0.25, 0.3) is 0 Å². The van der Waals surface area contributed by atoms with E-state index in [1.54, 1.807) is 24.1 Å². The number of piperazine rings is 1. The molecule has 26 heavy (non-hydrogen) atoms. The van der Waals surface area contributed by atoms with Crippen LogP contribution < -0.4 is 4.90 Å². The lowest BCUT2D eigenvalue weighted by Gasteiger charge is -2.39. The predicted octanol–water partition coefficient (Wildman–Crippen LogP) is 2.34. The molecule has 0 bridgehead atoms. The van der Waals surface area contributed by atoms with Crippen LogP contribution in [0.3, 0.4) is 0 Å². The Morgan fingerprint density at radius 3 is 2.42 bits per heavy atom. The van der Waals surface area contributed by atoms with Crippen LogP contribution >= 0.6 is 0 Å². The highest BCUT2D eigenvalue weighted by Gasteiger charge is 2.52. The maximum atomic E-state index is 13.6. The van der Waals surface area contributed by atoms with E-state index in [9.17, 15) is 18.4 Å². The molecule has 0 aromatic carbocycles. The van der Waals surface area contributed by atoms with Gasteiger partial charge in [-0.15, -0.1) is 0 Å². The number of carbonyl (C=O) groups excluding carboxylic acids is 2. The Morgan fingerprint density at radius 1 is 1.15 bits per heavy atom. The van der Waals surface area contributed by atoms with Gasteiger partial charge in [0.15, 0.2) is 0 Å². The second-order valence-corrected chi connectivity index (χ2v) is 7.30. The van der Waals surface area contributed by atoms with E-state index in [4.69, 9.17) is 4.74 Å². The molecule has 0 radical (unpaired) electrons. The Hall–Kier alpha value is -2.25. The molecule has 1 aromatic heterocycles. The van der Waals surface area contributed by atoms with Gasteiger partial charge >= 0.3 is 5.97 Å². The lowest BCUT2D eigenvalue weighted by atomic mass is 9.86. The van der Waals surface area contributed by atoms with E-state index in [0.29, 0.717) is 31.7 Å². The van der Waals surface area contributed by atoms with Crippen molar-refractivity contribution in [3.05, 3.63) is 24.0 Å². The van der Waals surface area contributed by atoms with Gasteiger partial charge in [0, 0.05) is 45.2 Å². The van der Waals surface area contributed by atoms with Crippen LogP contribution in [0, 0.1) is 5.41 Å². The number of nitrogens with zero attached hydrogens (tertiary/aromatic N) is 3. The predicted molar refractivity (Wildman–Crippen MR) is 91.3 cm³/mol. The van der Waals surface area contributed by atoms with Crippen molar-refractivity contribution in [1.82, 2.24) is 9.88 Å². The number of aromatic nitrogens is 1. The van der Waals surface area contributed by atoms with Gasteiger partial charge in [0.05, 0.1) is 30.0 Å². The average molecular weight is 367 g/mol. The molecular formula is C18H23F2N3O3. The molecule has 1 amide bonds.